The number of nitrogens with zero attached hydrogens (tertiary/aromatic N) is 4. The van der Waals surface area contributed by atoms with Crippen LogP contribution in [-0.4, -0.2) is 44.5 Å². The number of nitrogens with two attached hydrogens (primary N) is 1. The Morgan fingerprint density at radius 1 is 1.14 bits per heavy atom. The van der Waals surface area contributed by atoms with Gasteiger partial charge in [-0.3, -0.25) is 4.79 Å². The highest BCUT2D eigenvalue weighted by Gasteiger charge is 2.45. The Morgan fingerprint density at radius 3 is 2.57 bits per heavy atom. The molecule has 8 nitrogen and oxygen atoms in total. The van der Waals surface area contributed by atoms with Gasteiger partial charge in [0.1, 0.15) is 17.1 Å². The number of carbonyl (C=O) groups excluding carboxylic acids is 1. The van der Waals surface area contributed by atoms with Crippen molar-refractivity contribution < 1.29 is 27.4 Å². The maximum absolute atomic E-state index is 14.5. The molecule has 5 rings (SSSR count). The second kappa shape index (κ2) is 12.1. The maximum atomic E-state index is 14.5. The fourth-order valence-corrected chi connectivity index (χ4v) is 5.56. The van der Waals surface area contributed by atoms with Crippen molar-refractivity contribution in [1.82, 2.24) is 19.7 Å². The Kier molecular flexibility index (Phi) is 8.48. The Morgan fingerprint density at radius 2 is 1.90 bits per heavy atom. The van der Waals surface area contributed by atoms with E-state index < -0.39 is 24.3 Å². The summed E-state index contributed by atoms with van der Waals surface area (Å²) in [6, 6.07) is 12.3. The number of rotatable bonds is 9. The molecular formula is C29H25ClF3N5O3S. The van der Waals surface area contributed by atoms with Crippen LogP contribution in [0.3, 0.4) is 0 Å². The van der Waals surface area contributed by atoms with Crippen LogP contribution in [-0.2, 0) is 16.0 Å². The smallest absolute Gasteiger partial charge is 0.429 e. The lowest BCUT2D eigenvalue weighted by Crippen LogP contribution is -2.34. The molecular weight excluding hydrogens is 591 g/mol. The molecule has 0 spiro atoms. The standard InChI is InChI=1S/C29H25ClF3N5O3S/c1-3-40-28(39)22(34)12-17-4-6-18(7-5-17)21-14-42-25-24(21)35-15-36-27(25)41-26(29(31,32)33)20-9-8-19(30)13-23(20)38-11-10-16(2)37-38/h4-11,13-15,22,26H,3,12,34H2,1-2H3/t22-,26+/m0/s1. The minimum atomic E-state index is -4.79. The first-order chi connectivity index (χ1) is 20.0. The van der Waals surface area contributed by atoms with E-state index in [1.807, 2.05) is 24.3 Å². The zero-order valence-corrected chi connectivity index (χ0v) is 24.0. The van der Waals surface area contributed by atoms with Crippen LogP contribution in [0.5, 0.6) is 5.88 Å². The van der Waals surface area contributed by atoms with Crippen LogP contribution >= 0.6 is 22.9 Å². The SMILES string of the molecule is CCOC(=O)[C@@H](N)Cc1ccc(-c2csc3c(O[C@H](c4ccc(Cl)cc4-n4ccc(C)n4)C(F)(F)F)ncnc23)cc1. The molecule has 0 fully saturated rings. The average molecular weight is 616 g/mol. The van der Waals surface area contributed by atoms with Gasteiger partial charge in [0.15, 0.2) is 0 Å². The lowest BCUT2D eigenvalue weighted by Gasteiger charge is -2.24. The van der Waals surface area contributed by atoms with E-state index in [0.717, 1.165) is 11.1 Å². The number of aryl methyl sites for hydroxylation is 1. The second-order valence-corrected chi connectivity index (χ2v) is 10.7. The Hall–Kier alpha value is -4.00. The van der Waals surface area contributed by atoms with Crippen LogP contribution < -0.4 is 10.5 Å². The van der Waals surface area contributed by atoms with Gasteiger partial charge in [0.05, 0.1) is 23.5 Å². The largest absolute Gasteiger partial charge is 0.465 e. The van der Waals surface area contributed by atoms with E-state index in [2.05, 4.69) is 15.1 Å². The second-order valence-electron chi connectivity index (χ2n) is 9.41. The molecule has 42 heavy (non-hydrogen) atoms. The molecule has 0 saturated carbocycles. The van der Waals surface area contributed by atoms with E-state index in [1.165, 1.54) is 40.5 Å². The van der Waals surface area contributed by atoms with E-state index in [4.69, 9.17) is 26.8 Å². The number of hydrogen-bond donors (Lipinski definition) is 1. The molecule has 2 aromatic carbocycles. The van der Waals surface area contributed by atoms with Gasteiger partial charge in [-0.1, -0.05) is 41.9 Å². The molecule has 0 aliphatic heterocycles. The predicted octanol–water partition coefficient (Wildman–Crippen LogP) is 6.62. The first kappa shape index (κ1) is 29.5. The Bertz CT molecular complexity index is 1720. The Labute approximate surface area is 247 Å². The minimum Gasteiger partial charge on any atom is -0.465 e. The number of benzene rings is 2. The summed E-state index contributed by atoms with van der Waals surface area (Å²) in [4.78, 5) is 20.3. The third-order valence-corrected chi connectivity index (χ3v) is 7.59. The molecule has 0 radical (unpaired) electrons. The van der Waals surface area contributed by atoms with E-state index in [-0.39, 0.29) is 28.8 Å². The van der Waals surface area contributed by atoms with Gasteiger partial charge in [-0.2, -0.15) is 18.3 Å². The van der Waals surface area contributed by atoms with Crippen molar-refractivity contribution in [3.05, 3.63) is 88.3 Å². The molecule has 0 unspecified atom stereocenters. The summed E-state index contributed by atoms with van der Waals surface area (Å²) in [5.74, 6) is -0.676. The summed E-state index contributed by atoms with van der Waals surface area (Å²) >= 11 is 7.32. The van der Waals surface area contributed by atoms with Crippen LogP contribution in [0.25, 0.3) is 27.0 Å². The number of carbonyl (C=O) groups is 1. The van der Waals surface area contributed by atoms with Crippen molar-refractivity contribution in [2.24, 2.45) is 5.73 Å². The topological polar surface area (TPSA) is 105 Å². The van der Waals surface area contributed by atoms with Gasteiger partial charge in [-0.25, -0.2) is 14.6 Å². The van der Waals surface area contributed by atoms with Crippen LogP contribution in [0.4, 0.5) is 13.2 Å². The molecule has 5 aromatic rings. The number of halogens is 4. The summed E-state index contributed by atoms with van der Waals surface area (Å²) in [6.07, 6.45) is -4.12. The lowest BCUT2D eigenvalue weighted by molar-refractivity contribution is -0.198. The number of esters is 1. The summed E-state index contributed by atoms with van der Waals surface area (Å²) < 4.78 is 55.8. The van der Waals surface area contributed by atoms with Gasteiger partial charge in [0.2, 0.25) is 12.0 Å². The van der Waals surface area contributed by atoms with Gasteiger partial charge in [-0.15, -0.1) is 11.3 Å². The molecule has 0 amide bonds. The zero-order chi connectivity index (χ0) is 30.0. The highest BCUT2D eigenvalue weighted by molar-refractivity contribution is 7.18. The lowest BCUT2D eigenvalue weighted by atomic mass is 10.0. The van der Waals surface area contributed by atoms with E-state index in [0.29, 0.717) is 27.9 Å². The number of fused-ring (bicyclic) bond motifs is 1. The van der Waals surface area contributed by atoms with Crippen molar-refractivity contribution >= 4 is 39.1 Å². The number of thiophene rings is 1. The predicted molar refractivity (Wildman–Crippen MR) is 154 cm³/mol. The van der Waals surface area contributed by atoms with Crippen LogP contribution in [0.1, 0.15) is 29.8 Å². The summed E-state index contributed by atoms with van der Waals surface area (Å²) in [7, 11) is 0. The summed E-state index contributed by atoms with van der Waals surface area (Å²) in [5, 5.41) is 6.30. The molecule has 0 aliphatic rings. The number of ether oxygens (including phenoxy) is 2. The van der Waals surface area contributed by atoms with Crippen LogP contribution in [0, 0.1) is 6.92 Å². The van der Waals surface area contributed by atoms with Crippen LogP contribution in [0.15, 0.2) is 66.4 Å². The van der Waals surface area contributed by atoms with Gasteiger partial charge in [-0.05, 0) is 49.6 Å². The van der Waals surface area contributed by atoms with Gasteiger partial charge < -0.3 is 15.2 Å². The number of hydrogen-bond acceptors (Lipinski definition) is 8. The molecule has 218 valence electrons. The third-order valence-electron chi connectivity index (χ3n) is 6.40. The van der Waals surface area contributed by atoms with E-state index >= 15 is 0 Å². The van der Waals surface area contributed by atoms with E-state index in [1.54, 1.807) is 31.5 Å². The fraction of sp³-hybridized carbons (Fsp3) is 0.241. The molecule has 0 aliphatic carbocycles. The normalized spacial score (nSPS) is 13.2. The number of alkyl halides is 3. The molecule has 13 heteroatoms. The van der Waals surface area contributed by atoms with E-state index in [9.17, 15) is 18.0 Å². The fourth-order valence-electron chi connectivity index (χ4n) is 4.43. The molecule has 3 aromatic heterocycles. The molecule has 2 atom stereocenters. The van der Waals surface area contributed by atoms with Crippen molar-refractivity contribution in [1.29, 1.82) is 0 Å². The first-order valence-electron chi connectivity index (χ1n) is 12.8. The highest BCUT2D eigenvalue weighted by Crippen LogP contribution is 2.43. The summed E-state index contributed by atoms with van der Waals surface area (Å²) in [5.41, 5.74) is 9.28. The molecule has 3 heterocycles. The van der Waals surface area contributed by atoms with Crippen molar-refractivity contribution in [3.63, 3.8) is 0 Å². The highest BCUT2D eigenvalue weighted by atomic mass is 35.5. The average Bonchev–Trinajstić information content (AvgIpc) is 3.59. The quantitative estimate of drug-likeness (QED) is 0.186. The van der Waals surface area contributed by atoms with Crippen LogP contribution in [0.2, 0.25) is 5.02 Å². The monoisotopic (exact) mass is 615 g/mol. The van der Waals surface area contributed by atoms with Gasteiger partial charge >= 0.3 is 12.1 Å². The molecule has 2 N–H and O–H groups in total. The zero-order valence-electron chi connectivity index (χ0n) is 22.4. The Balaban J connectivity index is 1.47. The molecule has 0 bridgehead atoms. The summed E-state index contributed by atoms with van der Waals surface area (Å²) in [6.45, 7) is 3.69. The van der Waals surface area contributed by atoms with Gasteiger partial charge in [0, 0.05) is 27.7 Å². The van der Waals surface area contributed by atoms with Crippen molar-refractivity contribution in [2.75, 3.05) is 6.61 Å². The van der Waals surface area contributed by atoms with Gasteiger partial charge in [0.25, 0.3) is 0 Å². The third kappa shape index (κ3) is 6.25. The first-order valence-corrected chi connectivity index (χ1v) is 14.1. The minimum absolute atomic E-state index is 0.137. The van der Waals surface area contributed by atoms with Crippen molar-refractivity contribution in [2.45, 2.75) is 38.6 Å². The number of aromatic nitrogens is 4. The maximum Gasteiger partial charge on any atom is 0.429 e. The van der Waals surface area contributed by atoms with Crippen molar-refractivity contribution in [3.8, 4) is 22.7 Å². The molecule has 0 saturated heterocycles.